The summed E-state index contributed by atoms with van der Waals surface area (Å²) in [6, 6.07) is 15.2. The number of ether oxygens (including phenoxy) is 1. The molecule has 0 spiro atoms. The van der Waals surface area contributed by atoms with Crippen molar-refractivity contribution in [1.82, 2.24) is 19.9 Å². The smallest absolute Gasteiger partial charge is 0.256 e. The van der Waals surface area contributed by atoms with Gasteiger partial charge in [0.05, 0.1) is 43.3 Å². The molecule has 3 aromatic carbocycles. The number of hydrogen-bond acceptors (Lipinski definition) is 8. The van der Waals surface area contributed by atoms with Gasteiger partial charge >= 0.3 is 0 Å². The minimum Gasteiger partial charge on any atom is -0.393 e. The zero-order valence-corrected chi connectivity index (χ0v) is 24.5. The number of carbonyl (C=O) groups is 2. The average molecular weight is 618 g/mol. The van der Waals surface area contributed by atoms with E-state index in [1.54, 1.807) is 35.1 Å². The molecule has 3 heterocycles. The summed E-state index contributed by atoms with van der Waals surface area (Å²) >= 11 is 0. The molecule has 2 saturated heterocycles. The van der Waals surface area contributed by atoms with E-state index in [1.807, 2.05) is 23.1 Å². The highest BCUT2D eigenvalue weighted by Gasteiger charge is 2.26. The van der Waals surface area contributed by atoms with Gasteiger partial charge in [-0.1, -0.05) is 11.3 Å². The third-order valence-electron chi connectivity index (χ3n) is 7.84. The molecule has 234 valence electrons. The highest BCUT2D eigenvalue weighted by atomic mass is 19.1. The number of amides is 2. The van der Waals surface area contributed by atoms with Crippen LogP contribution in [-0.2, 0) is 11.3 Å². The van der Waals surface area contributed by atoms with E-state index in [9.17, 15) is 23.5 Å². The third-order valence-corrected chi connectivity index (χ3v) is 7.84. The van der Waals surface area contributed by atoms with Crippen molar-refractivity contribution < 1.29 is 28.2 Å². The van der Waals surface area contributed by atoms with Gasteiger partial charge in [-0.25, -0.2) is 13.5 Å². The van der Waals surface area contributed by atoms with Crippen molar-refractivity contribution in [2.45, 2.75) is 25.5 Å². The molecule has 2 aliphatic heterocycles. The molecule has 4 aromatic rings. The quantitative estimate of drug-likeness (QED) is 0.273. The Labute approximate surface area is 258 Å². The van der Waals surface area contributed by atoms with Gasteiger partial charge < -0.3 is 30.3 Å². The van der Waals surface area contributed by atoms with E-state index >= 15 is 0 Å². The number of nitrogens with zero attached hydrogens (tertiary/aromatic N) is 5. The van der Waals surface area contributed by atoms with Crippen LogP contribution in [0.25, 0.3) is 5.69 Å². The summed E-state index contributed by atoms with van der Waals surface area (Å²) in [5.41, 5.74) is 3.73. The van der Waals surface area contributed by atoms with Gasteiger partial charge in [0.2, 0.25) is 0 Å². The molecular formula is C32H33F2N7O4. The van der Waals surface area contributed by atoms with E-state index in [-0.39, 0.29) is 17.6 Å². The lowest BCUT2D eigenvalue weighted by Crippen LogP contribution is -2.42. The van der Waals surface area contributed by atoms with Crippen molar-refractivity contribution >= 4 is 28.9 Å². The summed E-state index contributed by atoms with van der Waals surface area (Å²) < 4.78 is 34.1. The van der Waals surface area contributed by atoms with Crippen molar-refractivity contribution in [2.75, 3.05) is 54.9 Å². The van der Waals surface area contributed by atoms with Crippen LogP contribution in [0.1, 0.15) is 39.3 Å². The highest BCUT2D eigenvalue weighted by molar-refractivity contribution is 6.04. The maximum absolute atomic E-state index is 13.6. The number of rotatable bonds is 8. The number of aliphatic hydroxyl groups is 1. The third kappa shape index (κ3) is 7.27. The SMILES string of the molecule is O=C(Nc1cccc(-n2cc(CNc3ccc(N4CCC(O)CC4)c(C(=O)N4CCOCC4)c3)nn2)c1)c1cc(F)cc(F)c1. The van der Waals surface area contributed by atoms with Gasteiger partial charge in [0.1, 0.15) is 17.3 Å². The fourth-order valence-corrected chi connectivity index (χ4v) is 5.45. The number of piperidine rings is 1. The standard InChI is InChI=1S/C32H33F2N7O4/c33-22-14-21(15-23(34)16-22)31(43)36-25-2-1-3-27(17-25)41-20-26(37-38-41)19-35-24-4-5-30(39-8-6-28(42)7-9-39)29(18-24)32(44)40-10-12-45-13-11-40/h1-5,14-18,20,28,35,42H,6-13,19H2,(H,36,43). The number of aliphatic hydroxyl groups excluding tert-OH is 1. The number of hydrogen-bond donors (Lipinski definition) is 3. The van der Waals surface area contributed by atoms with E-state index in [4.69, 9.17) is 4.74 Å². The Bertz CT molecular complexity index is 1660. The van der Waals surface area contributed by atoms with E-state index in [0.29, 0.717) is 87.5 Å². The average Bonchev–Trinajstić information content (AvgIpc) is 3.53. The van der Waals surface area contributed by atoms with Gasteiger partial charge in [0, 0.05) is 54.9 Å². The van der Waals surface area contributed by atoms with Gasteiger partial charge in [-0.05, 0) is 61.4 Å². The lowest BCUT2D eigenvalue weighted by atomic mass is 10.0. The highest BCUT2D eigenvalue weighted by Crippen LogP contribution is 2.29. The molecule has 1 aromatic heterocycles. The first-order valence-electron chi connectivity index (χ1n) is 14.8. The van der Waals surface area contributed by atoms with Crippen LogP contribution in [-0.4, -0.2) is 82.3 Å². The van der Waals surface area contributed by atoms with Gasteiger partial charge in [-0.2, -0.15) is 0 Å². The molecule has 45 heavy (non-hydrogen) atoms. The second-order valence-electron chi connectivity index (χ2n) is 11.0. The van der Waals surface area contributed by atoms with E-state index in [1.165, 1.54) is 0 Å². The Hall–Kier alpha value is -4.88. The molecule has 0 bridgehead atoms. The van der Waals surface area contributed by atoms with Crippen molar-refractivity contribution in [1.29, 1.82) is 0 Å². The van der Waals surface area contributed by atoms with E-state index in [0.717, 1.165) is 23.5 Å². The number of morpholine rings is 1. The molecule has 0 unspecified atom stereocenters. The topological polar surface area (TPSA) is 125 Å². The maximum atomic E-state index is 13.6. The first-order chi connectivity index (χ1) is 21.8. The summed E-state index contributed by atoms with van der Waals surface area (Å²) in [6.45, 7) is 3.77. The van der Waals surface area contributed by atoms with Crippen molar-refractivity contribution in [3.05, 3.63) is 95.3 Å². The monoisotopic (exact) mass is 617 g/mol. The fourth-order valence-electron chi connectivity index (χ4n) is 5.45. The molecule has 13 heteroatoms. The second kappa shape index (κ2) is 13.4. The van der Waals surface area contributed by atoms with Crippen LogP contribution in [0.4, 0.5) is 25.8 Å². The summed E-state index contributed by atoms with van der Waals surface area (Å²) in [6.07, 6.45) is 2.73. The van der Waals surface area contributed by atoms with E-state index < -0.39 is 17.5 Å². The molecule has 11 nitrogen and oxygen atoms in total. The number of benzene rings is 3. The zero-order valence-electron chi connectivity index (χ0n) is 24.5. The maximum Gasteiger partial charge on any atom is 0.256 e. The summed E-state index contributed by atoms with van der Waals surface area (Å²) in [5, 5.41) is 24.4. The molecule has 0 atom stereocenters. The second-order valence-corrected chi connectivity index (χ2v) is 11.0. The number of aromatic nitrogens is 3. The number of nitrogens with one attached hydrogen (secondary N) is 2. The molecule has 2 aliphatic rings. The molecule has 0 saturated carbocycles. The Morgan fingerprint density at radius 3 is 2.44 bits per heavy atom. The van der Waals surface area contributed by atoms with Crippen LogP contribution in [0.5, 0.6) is 0 Å². The predicted molar refractivity (Wildman–Crippen MR) is 164 cm³/mol. The largest absolute Gasteiger partial charge is 0.393 e. The Morgan fingerprint density at radius 2 is 1.69 bits per heavy atom. The van der Waals surface area contributed by atoms with Crippen molar-refractivity contribution in [3.8, 4) is 5.69 Å². The summed E-state index contributed by atoms with van der Waals surface area (Å²) in [7, 11) is 0. The Kier molecular flexibility index (Phi) is 8.98. The first kappa shape index (κ1) is 30.2. The number of halogens is 2. The minimum atomic E-state index is -0.837. The van der Waals surface area contributed by atoms with E-state index in [2.05, 4.69) is 25.8 Å². The zero-order chi connectivity index (χ0) is 31.3. The van der Waals surface area contributed by atoms with Crippen LogP contribution in [0, 0.1) is 11.6 Å². The van der Waals surface area contributed by atoms with Crippen LogP contribution < -0.4 is 15.5 Å². The minimum absolute atomic E-state index is 0.0523. The Balaban J connectivity index is 1.14. The summed E-state index contributed by atoms with van der Waals surface area (Å²) in [4.78, 5) is 30.1. The molecule has 2 amide bonds. The fraction of sp³-hybridized carbons (Fsp3) is 0.312. The molecule has 6 rings (SSSR count). The molecular weight excluding hydrogens is 584 g/mol. The lowest BCUT2D eigenvalue weighted by Gasteiger charge is -2.34. The van der Waals surface area contributed by atoms with Crippen molar-refractivity contribution in [3.63, 3.8) is 0 Å². The summed E-state index contributed by atoms with van der Waals surface area (Å²) in [5.74, 6) is -2.37. The van der Waals surface area contributed by atoms with Crippen LogP contribution in [0.2, 0.25) is 0 Å². The van der Waals surface area contributed by atoms with Gasteiger partial charge in [-0.15, -0.1) is 5.10 Å². The number of carbonyl (C=O) groups excluding carboxylic acids is 2. The van der Waals surface area contributed by atoms with Crippen LogP contribution in [0.3, 0.4) is 0 Å². The first-order valence-corrected chi connectivity index (χ1v) is 14.8. The lowest BCUT2D eigenvalue weighted by molar-refractivity contribution is 0.0303. The van der Waals surface area contributed by atoms with Crippen LogP contribution in [0.15, 0.2) is 66.9 Å². The number of anilines is 3. The molecule has 2 fully saturated rings. The van der Waals surface area contributed by atoms with Crippen LogP contribution >= 0.6 is 0 Å². The molecule has 0 radical (unpaired) electrons. The van der Waals surface area contributed by atoms with Gasteiger partial charge in [0.25, 0.3) is 11.8 Å². The van der Waals surface area contributed by atoms with Gasteiger partial charge in [-0.3, -0.25) is 9.59 Å². The van der Waals surface area contributed by atoms with Gasteiger partial charge in [0.15, 0.2) is 0 Å². The van der Waals surface area contributed by atoms with Crippen molar-refractivity contribution in [2.24, 2.45) is 0 Å². The Morgan fingerprint density at radius 1 is 0.933 bits per heavy atom. The predicted octanol–water partition coefficient (Wildman–Crippen LogP) is 3.84. The normalized spacial score (nSPS) is 15.6. The molecule has 3 N–H and O–H groups in total. The molecule has 0 aliphatic carbocycles.